The highest BCUT2D eigenvalue weighted by Crippen LogP contribution is 2.59. The Kier molecular flexibility index (Phi) is 11.3. The summed E-state index contributed by atoms with van der Waals surface area (Å²) >= 11 is 0. The minimum Gasteiger partial charge on any atom is -0.455 e. The Balaban J connectivity index is 1.66. The molecule has 3 heterocycles. The quantitative estimate of drug-likeness (QED) is 0.221. The zero-order valence-corrected chi connectivity index (χ0v) is 27.1. The molecular weight excluding hydrogens is 574 g/mol. The van der Waals surface area contributed by atoms with Gasteiger partial charge in [-0.1, -0.05) is 55.8 Å². The van der Waals surface area contributed by atoms with Crippen LogP contribution in [0.3, 0.4) is 0 Å². The molecule has 0 aromatic heterocycles. The molecule has 4 rings (SSSR count). The first-order chi connectivity index (χ1) is 21.6. The number of fused-ring (bicyclic) bond motifs is 1. The summed E-state index contributed by atoms with van der Waals surface area (Å²) in [5.41, 5.74) is -0.479. The predicted octanol–water partition coefficient (Wildman–Crippen LogP) is 3.65. The van der Waals surface area contributed by atoms with Gasteiger partial charge >= 0.3 is 5.97 Å². The van der Waals surface area contributed by atoms with Crippen LogP contribution < -0.4 is 0 Å². The monoisotopic (exact) mass is 623 g/mol. The van der Waals surface area contributed by atoms with Gasteiger partial charge in [0.1, 0.15) is 17.7 Å². The molecule has 1 spiro atoms. The van der Waals surface area contributed by atoms with Crippen LogP contribution in [0.25, 0.3) is 0 Å². The SMILES string of the molecule is C=CCCC(=O)N(C)[C@H](C)[C@H](OC(=O)[C@@H]1[C@@H]2CC[C@]3(O2)[C@H](C(=O)N(CC=C)C(C)CCC)N(CCO)C(=O)[C@@H]13)c1ccccc1. The number of carbonyl (C=O) groups is 4. The molecule has 3 amide bonds. The minimum atomic E-state index is -1.20. The molecule has 10 nitrogen and oxygen atoms in total. The molecule has 1 N–H and O–H groups in total. The van der Waals surface area contributed by atoms with E-state index in [4.69, 9.17) is 9.47 Å². The molecule has 3 fully saturated rings. The van der Waals surface area contributed by atoms with Crippen LogP contribution in [-0.4, -0.2) is 100 Å². The van der Waals surface area contributed by atoms with E-state index in [1.54, 1.807) is 29.0 Å². The summed E-state index contributed by atoms with van der Waals surface area (Å²) in [6.07, 6.45) is 5.39. The van der Waals surface area contributed by atoms with Gasteiger partial charge in [0.15, 0.2) is 0 Å². The van der Waals surface area contributed by atoms with E-state index >= 15 is 0 Å². The summed E-state index contributed by atoms with van der Waals surface area (Å²) in [6.45, 7) is 13.3. The van der Waals surface area contributed by atoms with Crippen LogP contribution >= 0.6 is 0 Å². The average Bonchev–Trinajstić information content (AvgIpc) is 3.68. The third-order valence-electron chi connectivity index (χ3n) is 9.87. The first kappa shape index (κ1) is 34.4. The number of benzene rings is 1. The summed E-state index contributed by atoms with van der Waals surface area (Å²) in [5.74, 6) is -3.18. The van der Waals surface area contributed by atoms with Crippen molar-refractivity contribution in [2.24, 2.45) is 11.8 Å². The normalized spacial score (nSPS) is 27.0. The van der Waals surface area contributed by atoms with Gasteiger partial charge in [0.25, 0.3) is 0 Å². The van der Waals surface area contributed by atoms with E-state index in [-0.39, 0.29) is 43.3 Å². The lowest BCUT2D eigenvalue weighted by Gasteiger charge is -2.38. The summed E-state index contributed by atoms with van der Waals surface area (Å²) in [5, 5.41) is 9.94. The smallest absolute Gasteiger partial charge is 0.313 e. The van der Waals surface area contributed by atoms with Crippen LogP contribution in [0.4, 0.5) is 0 Å². The van der Waals surface area contributed by atoms with Crippen molar-refractivity contribution in [1.29, 1.82) is 0 Å². The van der Waals surface area contributed by atoms with Crippen LogP contribution in [0.2, 0.25) is 0 Å². The summed E-state index contributed by atoms with van der Waals surface area (Å²) in [7, 11) is 1.69. The fourth-order valence-electron chi connectivity index (χ4n) is 7.53. The fourth-order valence-corrected chi connectivity index (χ4v) is 7.53. The standard InChI is InChI=1S/C35H49N3O7/c1-7-10-17-27(40)36(6)24(5)30(25-15-12-11-13-16-25)44-34(43)28-26-18-19-35(45-26)29(28)32(41)38(21-22-39)31(35)33(42)37(20-9-3)23(4)14-8-2/h7,9,11-13,15-16,23-24,26,28-31,39H,1,3,8,10,14,17-22H2,2,4-6H3/t23?,24-,26+,28-,29-,30+,31+,35-/m1/s1. The van der Waals surface area contributed by atoms with E-state index in [0.717, 1.165) is 18.4 Å². The van der Waals surface area contributed by atoms with Gasteiger partial charge < -0.3 is 29.3 Å². The maximum absolute atomic E-state index is 14.3. The predicted molar refractivity (Wildman–Crippen MR) is 170 cm³/mol. The van der Waals surface area contributed by atoms with E-state index in [1.807, 2.05) is 44.2 Å². The van der Waals surface area contributed by atoms with Crippen molar-refractivity contribution in [2.75, 3.05) is 26.7 Å². The number of hydrogen-bond acceptors (Lipinski definition) is 7. The number of aliphatic hydroxyl groups is 1. The summed E-state index contributed by atoms with van der Waals surface area (Å²) in [4.78, 5) is 60.3. The zero-order chi connectivity index (χ0) is 32.9. The number of ether oxygens (including phenoxy) is 2. The van der Waals surface area contributed by atoms with Crippen LogP contribution in [0, 0.1) is 11.8 Å². The summed E-state index contributed by atoms with van der Waals surface area (Å²) in [6, 6.07) is 7.67. The van der Waals surface area contributed by atoms with E-state index in [1.165, 1.54) is 4.90 Å². The molecule has 0 saturated carbocycles. The van der Waals surface area contributed by atoms with Crippen LogP contribution in [0.15, 0.2) is 55.6 Å². The van der Waals surface area contributed by atoms with Crippen molar-refractivity contribution in [3.63, 3.8) is 0 Å². The Hall–Kier alpha value is -3.50. The van der Waals surface area contributed by atoms with Gasteiger partial charge in [0.05, 0.1) is 30.6 Å². The lowest BCUT2D eigenvalue weighted by Crippen LogP contribution is -2.58. The number of amides is 3. The first-order valence-corrected chi connectivity index (χ1v) is 16.2. The first-order valence-electron chi connectivity index (χ1n) is 16.2. The number of aliphatic hydroxyl groups excluding tert-OH is 1. The molecule has 3 saturated heterocycles. The van der Waals surface area contributed by atoms with Crippen molar-refractivity contribution < 1.29 is 33.8 Å². The summed E-state index contributed by atoms with van der Waals surface area (Å²) < 4.78 is 12.8. The van der Waals surface area contributed by atoms with E-state index in [0.29, 0.717) is 25.8 Å². The molecule has 0 aliphatic carbocycles. The molecule has 3 aliphatic rings. The second-order valence-corrected chi connectivity index (χ2v) is 12.6. The van der Waals surface area contributed by atoms with Gasteiger partial charge in [-0.25, -0.2) is 0 Å². The van der Waals surface area contributed by atoms with Crippen molar-refractivity contribution >= 4 is 23.7 Å². The molecule has 45 heavy (non-hydrogen) atoms. The maximum Gasteiger partial charge on any atom is 0.313 e. The Bertz CT molecular complexity index is 1250. The number of β-amino-alcohol motifs (C(OH)–C–C–N with tert-alkyl or cyclic N) is 1. The highest BCUT2D eigenvalue weighted by molar-refractivity contribution is 5.98. The van der Waals surface area contributed by atoms with Gasteiger partial charge in [-0.2, -0.15) is 0 Å². The number of esters is 1. The fraction of sp³-hybridized carbons (Fsp3) is 0.600. The molecular formula is C35H49N3O7. The van der Waals surface area contributed by atoms with Gasteiger partial charge in [-0.05, 0) is 45.1 Å². The number of nitrogens with zero attached hydrogens (tertiary/aromatic N) is 3. The number of hydrogen-bond donors (Lipinski definition) is 1. The zero-order valence-electron chi connectivity index (χ0n) is 27.1. The number of likely N-dealkylation sites (N-methyl/N-ethyl adjacent to an activating group) is 1. The van der Waals surface area contributed by atoms with Crippen molar-refractivity contribution in [3.05, 3.63) is 61.2 Å². The van der Waals surface area contributed by atoms with Crippen LogP contribution in [0.1, 0.15) is 71.0 Å². The van der Waals surface area contributed by atoms with Crippen molar-refractivity contribution in [1.82, 2.24) is 14.7 Å². The Morgan fingerprint density at radius 1 is 1.20 bits per heavy atom. The number of carbonyl (C=O) groups excluding carboxylic acids is 4. The Morgan fingerprint density at radius 3 is 2.53 bits per heavy atom. The molecule has 3 aliphatic heterocycles. The Morgan fingerprint density at radius 2 is 1.91 bits per heavy atom. The molecule has 0 radical (unpaired) electrons. The number of allylic oxidation sites excluding steroid dienone is 1. The van der Waals surface area contributed by atoms with E-state index in [2.05, 4.69) is 20.1 Å². The number of rotatable bonds is 16. The van der Waals surface area contributed by atoms with Gasteiger partial charge in [0, 0.05) is 32.6 Å². The topological polar surface area (TPSA) is 117 Å². The maximum atomic E-state index is 14.3. The highest BCUT2D eigenvalue weighted by Gasteiger charge is 2.75. The van der Waals surface area contributed by atoms with Crippen LogP contribution in [-0.2, 0) is 28.7 Å². The molecule has 1 aromatic carbocycles. The molecule has 1 unspecified atom stereocenters. The third kappa shape index (κ3) is 6.45. The van der Waals surface area contributed by atoms with Gasteiger partial charge in [-0.15, -0.1) is 13.2 Å². The molecule has 246 valence electrons. The average molecular weight is 624 g/mol. The van der Waals surface area contributed by atoms with Crippen molar-refractivity contribution in [3.8, 4) is 0 Å². The molecule has 2 bridgehead atoms. The molecule has 1 aromatic rings. The second kappa shape index (κ2) is 14.7. The van der Waals surface area contributed by atoms with Crippen LogP contribution in [0.5, 0.6) is 0 Å². The van der Waals surface area contributed by atoms with E-state index < -0.39 is 47.7 Å². The molecule has 10 heteroatoms. The lowest BCUT2D eigenvalue weighted by atomic mass is 9.70. The van der Waals surface area contributed by atoms with Gasteiger partial charge in [-0.3, -0.25) is 19.2 Å². The highest BCUT2D eigenvalue weighted by atomic mass is 16.6. The Labute approximate surface area is 267 Å². The lowest BCUT2D eigenvalue weighted by molar-refractivity contribution is -0.164. The largest absolute Gasteiger partial charge is 0.455 e. The van der Waals surface area contributed by atoms with Gasteiger partial charge in [0.2, 0.25) is 17.7 Å². The van der Waals surface area contributed by atoms with E-state index in [9.17, 15) is 24.3 Å². The number of likely N-dealkylation sites (tertiary alicyclic amines) is 1. The van der Waals surface area contributed by atoms with Crippen molar-refractivity contribution in [2.45, 2.75) is 95.2 Å². The molecule has 8 atom stereocenters. The second-order valence-electron chi connectivity index (χ2n) is 12.6. The minimum absolute atomic E-state index is 0.0470. The third-order valence-corrected chi connectivity index (χ3v) is 9.87.